The number of rotatable bonds is 3. The number of pyridine rings is 1. The van der Waals surface area contributed by atoms with E-state index in [1.54, 1.807) is 12.1 Å². The molecule has 2 amide bonds. The van der Waals surface area contributed by atoms with Crippen LogP contribution in [0, 0.1) is 5.82 Å². The molecule has 1 aliphatic heterocycles. The van der Waals surface area contributed by atoms with E-state index in [0.29, 0.717) is 18.7 Å². The number of aromatic nitrogens is 1. The molecule has 0 saturated carbocycles. The Morgan fingerprint density at radius 2 is 1.92 bits per heavy atom. The van der Waals surface area contributed by atoms with Crippen molar-refractivity contribution in [1.29, 1.82) is 0 Å². The zero-order valence-corrected chi connectivity index (χ0v) is 12.8. The first-order chi connectivity index (χ1) is 11.6. The smallest absolute Gasteiger partial charge is 0.250 e. The van der Waals surface area contributed by atoms with Gasteiger partial charge in [0.15, 0.2) is 0 Å². The molecule has 0 spiro atoms. The van der Waals surface area contributed by atoms with Gasteiger partial charge in [0.2, 0.25) is 11.8 Å². The third-order valence-electron chi connectivity index (χ3n) is 3.92. The van der Waals surface area contributed by atoms with Gasteiger partial charge in [0.05, 0.1) is 0 Å². The number of carbonyl (C=O) groups is 2. The van der Waals surface area contributed by atoms with E-state index >= 15 is 0 Å². The van der Waals surface area contributed by atoms with E-state index in [1.165, 1.54) is 46.0 Å². The van der Waals surface area contributed by atoms with Gasteiger partial charge in [0.25, 0.3) is 5.56 Å². The van der Waals surface area contributed by atoms with Gasteiger partial charge >= 0.3 is 0 Å². The molecule has 6 nitrogen and oxygen atoms in total. The normalized spacial score (nSPS) is 17.5. The number of benzene rings is 1. The molecule has 3 rings (SSSR count). The van der Waals surface area contributed by atoms with E-state index in [1.807, 2.05) is 0 Å². The molecular formula is C17H16FN3O3. The standard InChI is InChI=1S/C17H16FN3O3/c18-13-6-4-12(5-7-13)16-17(24)19-8-10-21(16)15(23)11-20-9-2-1-3-14(20)22/h1-7,9,16H,8,10-11H2,(H,19,24)/t16-/m1/s1. The Bertz CT molecular complexity index is 816. The summed E-state index contributed by atoms with van der Waals surface area (Å²) in [6.07, 6.45) is 1.52. The molecule has 2 aromatic rings. The Morgan fingerprint density at radius 1 is 1.17 bits per heavy atom. The van der Waals surface area contributed by atoms with E-state index in [4.69, 9.17) is 0 Å². The van der Waals surface area contributed by atoms with Gasteiger partial charge in [0, 0.05) is 25.4 Å². The van der Waals surface area contributed by atoms with Crippen molar-refractivity contribution in [3.05, 3.63) is 70.4 Å². The maximum atomic E-state index is 13.1. The highest BCUT2D eigenvalue weighted by Gasteiger charge is 2.34. The summed E-state index contributed by atoms with van der Waals surface area (Å²) in [5.74, 6) is -1.07. The fraction of sp³-hybridized carbons (Fsp3) is 0.235. The zero-order valence-electron chi connectivity index (χ0n) is 12.8. The molecule has 0 unspecified atom stereocenters. The minimum Gasteiger partial charge on any atom is -0.352 e. The van der Waals surface area contributed by atoms with Crippen molar-refractivity contribution in [2.45, 2.75) is 12.6 Å². The van der Waals surface area contributed by atoms with Crippen LogP contribution < -0.4 is 10.9 Å². The Labute approximate surface area is 137 Å². The molecule has 7 heteroatoms. The van der Waals surface area contributed by atoms with Crippen LogP contribution in [0.15, 0.2) is 53.5 Å². The third-order valence-corrected chi connectivity index (χ3v) is 3.92. The van der Waals surface area contributed by atoms with Crippen molar-refractivity contribution >= 4 is 11.8 Å². The molecule has 1 saturated heterocycles. The van der Waals surface area contributed by atoms with Gasteiger partial charge < -0.3 is 14.8 Å². The minimum atomic E-state index is -0.828. The average molecular weight is 329 g/mol. The summed E-state index contributed by atoms with van der Waals surface area (Å²) < 4.78 is 14.4. The second-order valence-electron chi connectivity index (χ2n) is 5.50. The van der Waals surface area contributed by atoms with Crippen LogP contribution in [0.4, 0.5) is 4.39 Å². The van der Waals surface area contributed by atoms with Crippen LogP contribution in [0.3, 0.4) is 0 Å². The van der Waals surface area contributed by atoms with Gasteiger partial charge in [-0.05, 0) is 23.8 Å². The van der Waals surface area contributed by atoms with Crippen molar-refractivity contribution in [3.8, 4) is 0 Å². The lowest BCUT2D eigenvalue weighted by Crippen LogP contribution is -2.53. The summed E-state index contributed by atoms with van der Waals surface area (Å²) in [4.78, 5) is 38.1. The SMILES string of the molecule is O=C1NCCN(C(=O)Cn2ccccc2=O)[C@@H]1c1ccc(F)cc1. The first-order valence-electron chi connectivity index (χ1n) is 7.54. The van der Waals surface area contributed by atoms with Crippen molar-refractivity contribution in [2.75, 3.05) is 13.1 Å². The molecule has 1 aromatic carbocycles. The van der Waals surface area contributed by atoms with Crippen LogP contribution in [0.5, 0.6) is 0 Å². The Morgan fingerprint density at radius 3 is 2.62 bits per heavy atom. The van der Waals surface area contributed by atoms with Crippen LogP contribution >= 0.6 is 0 Å². The molecule has 1 aromatic heterocycles. The zero-order chi connectivity index (χ0) is 17.1. The summed E-state index contributed by atoms with van der Waals surface area (Å²) in [7, 11) is 0. The van der Waals surface area contributed by atoms with Gasteiger partial charge in [-0.15, -0.1) is 0 Å². The van der Waals surface area contributed by atoms with Crippen molar-refractivity contribution in [2.24, 2.45) is 0 Å². The highest BCUT2D eigenvalue weighted by molar-refractivity contribution is 5.89. The predicted octanol–water partition coefficient (Wildman–Crippen LogP) is 0.687. The van der Waals surface area contributed by atoms with Crippen LogP contribution in [-0.2, 0) is 16.1 Å². The number of carbonyl (C=O) groups excluding carboxylic acids is 2. The van der Waals surface area contributed by atoms with Gasteiger partial charge in [-0.3, -0.25) is 14.4 Å². The molecule has 1 atom stereocenters. The molecule has 1 fully saturated rings. The topological polar surface area (TPSA) is 71.4 Å². The van der Waals surface area contributed by atoms with Crippen LogP contribution in [0.25, 0.3) is 0 Å². The van der Waals surface area contributed by atoms with Crippen molar-refractivity contribution < 1.29 is 14.0 Å². The summed E-state index contributed by atoms with van der Waals surface area (Å²) in [6.45, 7) is 0.519. The van der Waals surface area contributed by atoms with Gasteiger partial charge in [0.1, 0.15) is 18.4 Å². The summed E-state index contributed by atoms with van der Waals surface area (Å²) >= 11 is 0. The quantitative estimate of drug-likeness (QED) is 0.900. The minimum absolute atomic E-state index is 0.148. The number of nitrogens with one attached hydrogen (secondary N) is 1. The Hall–Kier alpha value is -2.96. The molecule has 1 aliphatic rings. The molecular weight excluding hydrogens is 313 g/mol. The van der Waals surface area contributed by atoms with E-state index in [0.717, 1.165) is 0 Å². The molecule has 1 N–H and O–H groups in total. The number of amides is 2. The highest BCUT2D eigenvalue weighted by atomic mass is 19.1. The Balaban J connectivity index is 1.87. The number of piperazine rings is 1. The summed E-state index contributed by atoms with van der Waals surface area (Å²) in [6, 6.07) is 9.27. The third kappa shape index (κ3) is 3.19. The molecule has 0 aliphatic carbocycles. The second-order valence-corrected chi connectivity index (χ2v) is 5.50. The second kappa shape index (κ2) is 6.66. The van der Waals surface area contributed by atoms with Gasteiger partial charge in [-0.2, -0.15) is 0 Å². The van der Waals surface area contributed by atoms with Gasteiger partial charge in [-0.1, -0.05) is 18.2 Å². The molecule has 124 valence electrons. The lowest BCUT2D eigenvalue weighted by atomic mass is 10.0. The van der Waals surface area contributed by atoms with Crippen molar-refractivity contribution in [1.82, 2.24) is 14.8 Å². The molecule has 0 bridgehead atoms. The number of hydrogen-bond donors (Lipinski definition) is 1. The highest BCUT2D eigenvalue weighted by Crippen LogP contribution is 2.24. The van der Waals surface area contributed by atoms with Gasteiger partial charge in [-0.25, -0.2) is 4.39 Å². The van der Waals surface area contributed by atoms with E-state index in [-0.39, 0.29) is 23.9 Å². The summed E-state index contributed by atoms with van der Waals surface area (Å²) in [5.41, 5.74) is 0.244. The van der Waals surface area contributed by atoms with Crippen LogP contribution in [-0.4, -0.2) is 34.4 Å². The lowest BCUT2D eigenvalue weighted by molar-refractivity contribution is -0.144. The molecule has 2 heterocycles. The largest absolute Gasteiger partial charge is 0.352 e. The fourth-order valence-electron chi connectivity index (χ4n) is 2.74. The van der Waals surface area contributed by atoms with Crippen molar-refractivity contribution in [3.63, 3.8) is 0 Å². The van der Waals surface area contributed by atoms with Crippen LogP contribution in [0.2, 0.25) is 0 Å². The fourth-order valence-corrected chi connectivity index (χ4v) is 2.74. The maximum Gasteiger partial charge on any atom is 0.250 e. The number of hydrogen-bond acceptors (Lipinski definition) is 3. The maximum absolute atomic E-state index is 13.1. The Kier molecular flexibility index (Phi) is 4.41. The average Bonchev–Trinajstić information content (AvgIpc) is 2.58. The lowest BCUT2D eigenvalue weighted by Gasteiger charge is -2.35. The van der Waals surface area contributed by atoms with E-state index < -0.39 is 11.9 Å². The number of halogens is 1. The van der Waals surface area contributed by atoms with E-state index in [9.17, 15) is 18.8 Å². The van der Waals surface area contributed by atoms with Crippen LogP contribution in [0.1, 0.15) is 11.6 Å². The predicted molar refractivity (Wildman–Crippen MR) is 84.6 cm³/mol. The first-order valence-corrected chi connectivity index (χ1v) is 7.54. The van der Waals surface area contributed by atoms with E-state index in [2.05, 4.69) is 5.32 Å². The molecule has 0 radical (unpaired) electrons. The summed E-state index contributed by atoms with van der Waals surface area (Å²) in [5, 5.41) is 2.71. The monoisotopic (exact) mass is 329 g/mol. The first kappa shape index (κ1) is 15.9. The molecule has 24 heavy (non-hydrogen) atoms. The number of nitrogens with zero attached hydrogens (tertiary/aromatic N) is 2.